The second kappa shape index (κ2) is 6.56. The van der Waals surface area contributed by atoms with Crippen LogP contribution in [0.3, 0.4) is 0 Å². The number of ether oxygens (including phenoxy) is 3. The smallest absolute Gasteiger partial charge is 0.132 e. The largest absolute Gasteiger partial charge is 0.496 e. The molecule has 1 fully saturated rings. The van der Waals surface area contributed by atoms with Gasteiger partial charge in [-0.2, -0.15) is 0 Å². The lowest BCUT2D eigenvalue weighted by Gasteiger charge is -2.39. The summed E-state index contributed by atoms with van der Waals surface area (Å²) >= 11 is 0. The van der Waals surface area contributed by atoms with E-state index in [-0.39, 0.29) is 5.41 Å². The van der Waals surface area contributed by atoms with Gasteiger partial charge in [0, 0.05) is 12.1 Å². The van der Waals surface area contributed by atoms with Crippen LogP contribution in [-0.4, -0.2) is 26.4 Å². The Morgan fingerprint density at radius 3 is 1.90 bits per heavy atom. The van der Waals surface area contributed by atoms with Gasteiger partial charge < -0.3 is 19.3 Å². The standard InChI is InChI=1S/C17H26O4/c1-17(8-6-5-7-9-17)16(18)15-13(20-3)10-12(19-2)11-14(15)21-4/h10-11,16,18H,5-9H2,1-4H3. The zero-order valence-electron chi connectivity index (χ0n) is 13.4. The lowest BCUT2D eigenvalue weighted by atomic mass is 9.69. The Bertz CT molecular complexity index is 453. The SMILES string of the molecule is COc1cc(OC)c(C(O)C2(C)CCCCC2)c(OC)c1. The van der Waals surface area contributed by atoms with Gasteiger partial charge in [0.05, 0.1) is 33.0 Å². The summed E-state index contributed by atoms with van der Waals surface area (Å²) in [6.07, 6.45) is 5.01. The minimum atomic E-state index is -0.603. The molecule has 21 heavy (non-hydrogen) atoms. The first-order valence-electron chi connectivity index (χ1n) is 7.53. The fraction of sp³-hybridized carbons (Fsp3) is 0.647. The average molecular weight is 294 g/mol. The summed E-state index contributed by atoms with van der Waals surface area (Å²) in [5.41, 5.74) is 0.595. The van der Waals surface area contributed by atoms with Gasteiger partial charge >= 0.3 is 0 Å². The molecule has 0 amide bonds. The third kappa shape index (κ3) is 3.10. The molecule has 1 N–H and O–H groups in total. The van der Waals surface area contributed by atoms with Crippen LogP contribution in [0.5, 0.6) is 17.2 Å². The van der Waals surface area contributed by atoms with Crippen molar-refractivity contribution in [1.29, 1.82) is 0 Å². The molecular formula is C17H26O4. The van der Waals surface area contributed by atoms with Crippen molar-refractivity contribution in [3.8, 4) is 17.2 Å². The van der Waals surface area contributed by atoms with E-state index in [4.69, 9.17) is 14.2 Å². The molecule has 0 aliphatic heterocycles. The topological polar surface area (TPSA) is 47.9 Å². The lowest BCUT2D eigenvalue weighted by Crippen LogP contribution is -2.28. The van der Waals surface area contributed by atoms with Crippen LogP contribution in [-0.2, 0) is 0 Å². The highest BCUT2D eigenvalue weighted by atomic mass is 16.5. The molecule has 1 aromatic carbocycles. The van der Waals surface area contributed by atoms with E-state index < -0.39 is 6.10 Å². The van der Waals surface area contributed by atoms with E-state index in [0.29, 0.717) is 17.2 Å². The van der Waals surface area contributed by atoms with Crippen molar-refractivity contribution in [3.05, 3.63) is 17.7 Å². The van der Waals surface area contributed by atoms with E-state index in [9.17, 15) is 5.11 Å². The van der Waals surface area contributed by atoms with Crippen LogP contribution in [0.15, 0.2) is 12.1 Å². The number of rotatable bonds is 5. The molecule has 0 bridgehead atoms. The van der Waals surface area contributed by atoms with Crippen LogP contribution >= 0.6 is 0 Å². The van der Waals surface area contributed by atoms with Crippen LogP contribution in [0.4, 0.5) is 0 Å². The molecule has 1 aromatic rings. The van der Waals surface area contributed by atoms with Gasteiger partial charge in [0.25, 0.3) is 0 Å². The van der Waals surface area contributed by atoms with E-state index in [1.807, 2.05) is 0 Å². The predicted molar refractivity (Wildman–Crippen MR) is 82.2 cm³/mol. The number of aliphatic hydroxyl groups is 1. The Balaban J connectivity index is 2.45. The van der Waals surface area contributed by atoms with Crippen molar-refractivity contribution in [2.75, 3.05) is 21.3 Å². The number of benzene rings is 1. The van der Waals surface area contributed by atoms with E-state index in [0.717, 1.165) is 31.2 Å². The summed E-state index contributed by atoms with van der Waals surface area (Å²) in [5, 5.41) is 11.0. The molecule has 0 aromatic heterocycles. The summed E-state index contributed by atoms with van der Waals surface area (Å²) in [4.78, 5) is 0. The zero-order valence-corrected chi connectivity index (χ0v) is 13.4. The molecular weight excluding hydrogens is 268 g/mol. The molecule has 0 saturated heterocycles. The number of hydrogen-bond acceptors (Lipinski definition) is 4. The summed E-state index contributed by atoms with van der Waals surface area (Å²) < 4.78 is 16.2. The fourth-order valence-electron chi connectivity index (χ4n) is 3.28. The fourth-order valence-corrected chi connectivity index (χ4v) is 3.28. The molecule has 4 nitrogen and oxygen atoms in total. The first kappa shape index (κ1) is 16.0. The number of methoxy groups -OCH3 is 3. The van der Waals surface area contributed by atoms with Crippen molar-refractivity contribution >= 4 is 0 Å². The third-order valence-electron chi connectivity index (χ3n) is 4.68. The van der Waals surface area contributed by atoms with Crippen molar-refractivity contribution in [2.45, 2.75) is 45.1 Å². The first-order valence-corrected chi connectivity index (χ1v) is 7.53. The highest BCUT2D eigenvalue weighted by Crippen LogP contribution is 2.50. The molecule has 4 heteroatoms. The van der Waals surface area contributed by atoms with E-state index in [1.54, 1.807) is 33.5 Å². The van der Waals surface area contributed by atoms with Crippen LogP contribution in [0.2, 0.25) is 0 Å². The van der Waals surface area contributed by atoms with Crippen molar-refractivity contribution < 1.29 is 19.3 Å². The van der Waals surface area contributed by atoms with Crippen LogP contribution < -0.4 is 14.2 Å². The Morgan fingerprint density at radius 2 is 1.48 bits per heavy atom. The monoisotopic (exact) mass is 294 g/mol. The van der Waals surface area contributed by atoms with Crippen molar-refractivity contribution in [3.63, 3.8) is 0 Å². The molecule has 0 heterocycles. The van der Waals surface area contributed by atoms with Gasteiger partial charge in [-0.05, 0) is 18.3 Å². The molecule has 1 saturated carbocycles. The van der Waals surface area contributed by atoms with Crippen molar-refractivity contribution in [2.24, 2.45) is 5.41 Å². The zero-order chi connectivity index (χ0) is 15.5. The Hall–Kier alpha value is -1.42. The summed E-state index contributed by atoms with van der Waals surface area (Å²) in [6.45, 7) is 2.15. The van der Waals surface area contributed by atoms with Gasteiger partial charge in [-0.1, -0.05) is 26.2 Å². The lowest BCUT2D eigenvalue weighted by molar-refractivity contribution is 0.00512. The quantitative estimate of drug-likeness (QED) is 0.899. The highest BCUT2D eigenvalue weighted by molar-refractivity contribution is 5.52. The van der Waals surface area contributed by atoms with Gasteiger partial charge in [-0.15, -0.1) is 0 Å². The van der Waals surface area contributed by atoms with Gasteiger partial charge in [0.15, 0.2) is 0 Å². The van der Waals surface area contributed by atoms with Crippen molar-refractivity contribution in [1.82, 2.24) is 0 Å². The average Bonchev–Trinajstić information content (AvgIpc) is 2.53. The van der Waals surface area contributed by atoms with E-state index in [2.05, 4.69) is 6.92 Å². The molecule has 1 unspecified atom stereocenters. The summed E-state index contributed by atoms with van der Waals surface area (Å²) in [7, 11) is 4.81. The predicted octanol–water partition coefficient (Wildman–Crippen LogP) is 3.72. The molecule has 118 valence electrons. The minimum absolute atomic E-state index is 0.132. The van der Waals surface area contributed by atoms with Crippen LogP contribution in [0.25, 0.3) is 0 Å². The van der Waals surface area contributed by atoms with Gasteiger partial charge in [-0.25, -0.2) is 0 Å². The van der Waals surface area contributed by atoms with Crippen LogP contribution in [0, 0.1) is 5.41 Å². The first-order chi connectivity index (χ1) is 10.1. The highest BCUT2D eigenvalue weighted by Gasteiger charge is 2.38. The summed E-state index contributed by atoms with van der Waals surface area (Å²) in [6, 6.07) is 3.60. The maximum Gasteiger partial charge on any atom is 0.132 e. The second-order valence-corrected chi connectivity index (χ2v) is 6.06. The molecule has 0 spiro atoms. The molecule has 1 aliphatic carbocycles. The van der Waals surface area contributed by atoms with E-state index in [1.165, 1.54) is 6.42 Å². The van der Waals surface area contributed by atoms with E-state index >= 15 is 0 Å². The Kier molecular flexibility index (Phi) is 4.99. The summed E-state index contributed by atoms with van der Waals surface area (Å²) in [5.74, 6) is 1.89. The van der Waals surface area contributed by atoms with Crippen LogP contribution in [0.1, 0.15) is 50.7 Å². The maximum absolute atomic E-state index is 11.0. The normalized spacial score (nSPS) is 18.9. The van der Waals surface area contributed by atoms with Gasteiger partial charge in [-0.3, -0.25) is 0 Å². The minimum Gasteiger partial charge on any atom is -0.496 e. The number of aliphatic hydroxyl groups excluding tert-OH is 1. The molecule has 1 atom stereocenters. The Labute approximate surface area is 127 Å². The molecule has 0 radical (unpaired) electrons. The third-order valence-corrected chi connectivity index (χ3v) is 4.68. The second-order valence-electron chi connectivity index (χ2n) is 6.06. The Morgan fingerprint density at radius 1 is 0.952 bits per heavy atom. The van der Waals surface area contributed by atoms with Gasteiger partial charge in [0.1, 0.15) is 17.2 Å². The van der Waals surface area contributed by atoms with Gasteiger partial charge in [0.2, 0.25) is 0 Å². The molecule has 2 rings (SSSR count). The maximum atomic E-state index is 11.0. The molecule has 1 aliphatic rings. The number of hydrogen-bond donors (Lipinski definition) is 1.